The van der Waals surface area contributed by atoms with E-state index in [0.717, 1.165) is 18.7 Å². The van der Waals surface area contributed by atoms with Crippen LogP contribution in [0.1, 0.15) is 24.2 Å². The summed E-state index contributed by atoms with van der Waals surface area (Å²) < 4.78 is 7.26. The summed E-state index contributed by atoms with van der Waals surface area (Å²) in [4.78, 5) is 0. The number of aromatic nitrogens is 2. The van der Waals surface area contributed by atoms with Crippen molar-refractivity contribution in [3.63, 3.8) is 0 Å². The standard InChI is InChI=1S/C15H21N3O/c1-12(14-9-11-17-18(14)2)16-10-8-13-6-4-5-7-15(13)19-3/h4-7,9,11-12,16H,8,10H2,1-3H3. The zero-order valence-electron chi connectivity index (χ0n) is 11.8. The van der Waals surface area contributed by atoms with Gasteiger partial charge in [0.1, 0.15) is 5.75 Å². The lowest BCUT2D eigenvalue weighted by atomic mass is 10.1. The summed E-state index contributed by atoms with van der Waals surface area (Å²) in [5, 5.41) is 7.70. The molecule has 2 rings (SSSR count). The Morgan fingerprint density at radius 2 is 2.11 bits per heavy atom. The average Bonchev–Trinajstić information content (AvgIpc) is 2.85. The molecule has 1 aromatic carbocycles. The first-order valence-corrected chi connectivity index (χ1v) is 6.55. The Bertz CT molecular complexity index is 522. The molecule has 4 heteroatoms. The van der Waals surface area contributed by atoms with Gasteiger partial charge in [0.2, 0.25) is 0 Å². The molecule has 0 saturated heterocycles. The molecule has 0 saturated carbocycles. The van der Waals surface area contributed by atoms with E-state index in [4.69, 9.17) is 4.74 Å². The van der Waals surface area contributed by atoms with Crippen molar-refractivity contribution in [3.05, 3.63) is 47.8 Å². The second-order valence-corrected chi connectivity index (χ2v) is 4.62. The normalized spacial score (nSPS) is 12.4. The Labute approximate surface area is 114 Å². The van der Waals surface area contributed by atoms with Gasteiger partial charge in [0.05, 0.1) is 12.8 Å². The fourth-order valence-electron chi connectivity index (χ4n) is 2.25. The maximum atomic E-state index is 5.35. The van der Waals surface area contributed by atoms with Gasteiger partial charge in [-0.3, -0.25) is 4.68 Å². The summed E-state index contributed by atoms with van der Waals surface area (Å²) in [5.41, 5.74) is 2.43. The zero-order valence-corrected chi connectivity index (χ0v) is 11.8. The highest BCUT2D eigenvalue weighted by Gasteiger charge is 2.08. The van der Waals surface area contributed by atoms with Crippen molar-refractivity contribution in [2.45, 2.75) is 19.4 Å². The molecule has 2 aromatic rings. The van der Waals surface area contributed by atoms with Gasteiger partial charge < -0.3 is 10.1 Å². The minimum atomic E-state index is 0.294. The smallest absolute Gasteiger partial charge is 0.122 e. The Morgan fingerprint density at radius 1 is 1.32 bits per heavy atom. The Kier molecular flexibility index (Phi) is 4.58. The zero-order chi connectivity index (χ0) is 13.7. The van der Waals surface area contributed by atoms with Gasteiger partial charge in [0.15, 0.2) is 0 Å². The quantitative estimate of drug-likeness (QED) is 0.865. The Hall–Kier alpha value is -1.81. The number of rotatable bonds is 6. The first-order chi connectivity index (χ1) is 9.22. The highest BCUT2D eigenvalue weighted by atomic mass is 16.5. The van der Waals surface area contributed by atoms with E-state index < -0.39 is 0 Å². The van der Waals surface area contributed by atoms with E-state index in [1.165, 1.54) is 11.3 Å². The predicted octanol–water partition coefficient (Wildman–Crippen LogP) is 2.32. The lowest BCUT2D eigenvalue weighted by molar-refractivity contribution is 0.408. The second-order valence-electron chi connectivity index (χ2n) is 4.62. The van der Waals surface area contributed by atoms with Crippen molar-refractivity contribution < 1.29 is 4.74 Å². The minimum Gasteiger partial charge on any atom is -0.496 e. The minimum absolute atomic E-state index is 0.294. The van der Waals surface area contributed by atoms with Gasteiger partial charge in [-0.2, -0.15) is 5.10 Å². The van der Waals surface area contributed by atoms with Gasteiger partial charge in [-0.15, -0.1) is 0 Å². The van der Waals surface area contributed by atoms with Crippen molar-refractivity contribution >= 4 is 0 Å². The molecule has 19 heavy (non-hydrogen) atoms. The molecule has 0 aliphatic carbocycles. The van der Waals surface area contributed by atoms with Gasteiger partial charge >= 0.3 is 0 Å². The number of ether oxygens (including phenoxy) is 1. The van der Waals surface area contributed by atoms with E-state index in [2.05, 4.69) is 23.4 Å². The number of nitrogens with one attached hydrogen (secondary N) is 1. The topological polar surface area (TPSA) is 39.1 Å². The molecule has 0 bridgehead atoms. The van der Waals surface area contributed by atoms with Crippen LogP contribution in [0.15, 0.2) is 36.5 Å². The molecule has 0 radical (unpaired) electrons. The molecular formula is C15H21N3O. The maximum Gasteiger partial charge on any atom is 0.122 e. The van der Waals surface area contributed by atoms with Gasteiger partial charge in [-0.1, -0.05) is 18.2 Å². The van der Waals surface area contributed by atoms with Crippen LogP contribution < -0.4 is 10.1 Å². The molecule has 1 atom stereocenters. The van der Waals surface area contributed by atoms with Crippen LogP contribution in [0.25, 0.3) is 0 Å². The van der Waals surface area contributed by atoms with Crippen LogP contribution in [0.4, 0.5) is 0 Å². The Morgan fingerprint density at radius 3 is 2.79 bits per heavy atom. The summed E-state index contributed by atoms with van der Waals surface area (Å²) in [5.74, 6) is 0.956. The van der Waals surface area contributed by atoms with E-state index in [-0.39, 0.29) is 0 Å². The summed E-state index contributed by atoms with van der Waals surface area (Å²) in [6.07, 6.45) is 2.78. The maximum absolute atomic E-state index is 5.35. The summed E-state index contributed by atoms with van der Waals surface area (Å²) in [6.45, 7) is 3.06. The molecule has 1 heterocycles. The van der Waals surface area contributed by atoms with Crippen LogP contribution in [-0.4, -0.2) is 23.4 Å². The third-order valence-corrected chi connectivity index (χ3v) is 3.34. The molecule has 0 amide bonds. The number of hydrogen-bond acceptors (Lipinski definition) is 3. The predicted molar refractivity (Wildman–Crippen MR) is 76.3 cm³/mol. The monoisotopic (exact) mass is 259 g/mol. The molecule has 0 aliphatic heterocycles. The first kappa shape index (κ1) is 13.6. The molecular weight excluding hydrogens is 238 g/mol. The molecule has 1 aromatic heterocycles. The van der Waals surface area contributed by atoms with E-state index in [9.17, 15) is 0 Å². The fourth-order valence-corrected chi connectivity index (χ4v) is 2.25. The molecule has 102 valence electrons. The third-order valence-electron chi connectivity index (χ3n) is 3.34. The molecule has 0 aliphatic rings. The van der Waals surface area contributed by atoms with Crippen molar-refractivity contribution in [1.29, 1.82) is 0 Å². The molecule has 1 unspecified atom stereocenters. The van der Waals surface area contributed by atoms with Crippen LogP contribution in [0.5, 0.6) is 5.75 Å². The molecule has 0 fully saturated rings. The van der Waals surface area contributed by atoms with Gasteiger partial charge in [-0.25, -0.2) is 0 Å². The van der Waals surface area contributed by atoms with Crippen molar-refractivity contribution in [2.24, 2.45) is 7.05 Å². The number of nitrogens with zero attached hydrogens (tertiary/aromatic N) is 2. The SMILES string of the molecule is COc1ccccc1CCNC(C)c1ccnn1C. The molecule has 1 N–H and O–H groups in total. The molecule has 0 spiro atoms. The highest BCUT2D eigenvalue weighted by Crippen LogP contribution is 2.18. The van der Waals surface area contributed by atoms with Crippen molar-refractivity contribution in [3.8, 4) is 5.75 Å². The van der Waals surface area contributed by atoms with Gasteiger partial charge in [-0.05, 0) is 37.6 Å². The third kappa shape index (κ3) is 3.35. The number of aryl methyl sites for hydroxylation is 1. The van der Waals surface area contributed by atoms with E-state index in [1.54, 1.807) is 7.11 Å². The van der Waals surface area contributed by atoms with E-state index in [1.807, 2.05) is 42.2 Å². The summed E-state index contributed by atoms with van der Waals surface area (Å²) in [7, 11) is 3.68. The highest BCUT2D eigenvalue weighted by molar-refractivity contribution is 5.33. The number of methoxy groups -OCH3 is 1. The van der Waals surface area contributed by atoms with Crippen molar-refractivity contribution in [2.75, 3.05) is 13.7 Å². The van der Waals surface area contributed by atoms with Gasteiger partial charge in [0, 0.05) is 19.3 Å². The largest absolute Gasteiger partial charge is 0.496 e. The van der Waals surface area contributed by atoms with Crippen LogP contribution in [0, 0.1) is 0 Å². The summed E-state index contributed by atoms with van der Waals surface area (Å²) in [6, 6.07) is 10.5. The number of para-hydroxylation sites is 1. The lowest BCUT2D eigenvalue weighted by Crippen LogP contribution is -2.23. The van der Waals surface area contributed by atoms with Crippen LogP contribution in [0.3, 0.4) is 0 Å². The molecule has 4 nitrogen and oxygen atoms in total. The first-order valence-electron chi connectivity index (χ1n) is 6.55. The lowest BCUT2D eigenvalue weighted by Gasteiger charge is -2.15. The average molecular weight is 259 g/mol. The summed E-state index contributed by atoms with van der Waals surface area (Å²) >= 11 is 0. The van der Waals surface area contributed by atoms with Crippen LogP contribution in [0.2, 0.25) is 0 Å². The Balaban J connectivity index is 1.88. The van der Waals surface area contributed by atoms with Gasteiger partial charge in [0.25, 0.3) is 0 Å². The second kappa shape index (κ2) is 6.38. The van der Waals surface area contributed by atoms with Crippen molar-refractivity contribution in [1.82, 2.24) is 15.1 Å². The van der Waals surface area contributed by atoms with E-state index >= 15 is 0 Å². The number of benzene rings is 1. The van der Waals surface area contributed by atoms with Crippen LogP contribution in [-0.2, 0) is 13.5 Å². The number of hydrogen-bond donors (Lipinski definition) is 1. The van der Waals surface area contributed by atoms with Crippen LogP contribution >= 0.6 is 0 Å². The fraction of sp³-hybridized carbons (Fsp3) is 0.400. The van der Waals surface area contributed by atoms with E-state index in [0.29, 0.717) is 6.04 Å².